The Kier molecular flexibility index (Phi) is 22.4. The molecule has 1 aromatic carbocycles. The fraction of sp³-hybridized carbons (Fsp3) is 0.353. The number of hydrogen-bond donors (Lipinski definition) is 0. The molecule has 1 aliphatic heterocycles. The molecule has 1 fully saturated rings. The van der Waals surface area contributed by atoms with E-state index in [1.165, 1.54) is 12.0 Å². The first kappa shape index (κ1) is 38.3. The lowest BCUT2D eigenvalue weighted by atomic mass is 9.99. The molecule has 1 saturated heterocycles. The van der Waals surface area contributed by atoms with Gasteiger partial charge in [0.25, 0.3) is 0 Å². The molecule has 1 aromatic heterocycles. The van der Waals surface area contributed by atoms with Gasteiger partial charge in [-0.2, -0.15) is 0 Å². The van der Waals surface area contributed by atoms with Crippen molar-refractivity contribution in [3.63, 3.8) is 0 Å². The van der Waals surface area contributed by atoms with Crippen LogP contribution in [-0.2, 0) is 20.9 Å². The highest BCUT2D eigenvalue weighted by Crippen LogP contribution is 3.16. The van der Waals surface area contributed by atoms with Crippen molar-refractivity contribution in [3.05, 3.63) is 49.5 Å². The van der Waals surface area contributed by atoms with E-state index in [9.17, 15) is 4.79 Å². The summed E-state index contributed by atoms with van der Waals surface area (Å²) in [5.41, 5.74) is 1.14. The van der Waals surface area contributed by atoms with Crippen molar-refractivity contribution >= 4 is 152 Å². The van der Waals surface area contributed by atoms with Gasteiger partial charge in [-0.3, -0.25) is 4.79 Å². The summed E-state index contributed by atoms with van der Waals surface area (Å²) in [6.07, 6.45) is 0. The second kappa shape index (κ2) is 21.1. The van der Waals surface area contributed by atoms with Gasteiger partial charge in [-0.25, -0.2) is 0 Å². The molecular weight excluding hydrogens is 830 g/mol. The van der Waals surface area contributed by atoms with E-state index in [4.69, 9.17) is 4.74 Å². The van der Waals surface area contributed by atoms with E-state index in [1.54, 1.807) is 18.4 Å². The third-order valence-electron chi connectivity index (χ3n) is 4.39. The number of carbonyl (C=O) groups is 1. The van der Waals surface area contributed by atoms with Gasteiger partial charge >= 0.3 is 5.97 Å². The van der Waals surface area contributed by atoms with Crippen molar-refractivity contribution in [2.45, 2.75) is 6.61 Å². The van der Waals surface area contributed by atoms with E-state index in [0.29, 0.717) is 6.61 Å². The van der Waals surface area contributed by atoms with Crippen molar-refractivity contribution < 1.29 is 14.3 Å². The molecule has 8 atom stereocenters. The quantitative estimate of drug-likeness (QED) is 0.196. The molecule has 0 radical (unpaired) electrons. The molecular formula is C17H33Br2NO3P12S. The average molecular weight is 863 g/mol. The lowest BCUT2D eigenvalue weighted by molar-refractivity contribution is -0.146. The van der Waals surface area contributed by atoms with Crippen LogP contribution in [0.25, 0.3) is 0 Å². The lowest BCUT2D eigenvalue weighted by Crippen LogP contribution is -2.50. The number of anilines is 1. The van der Waals surface area contributed by atoms with Crippen LogP contribution in [0.1, 0.15) is 4.88 Å². The molecule has 36 heavy (non-hydrogen) atoms. The Bertz CT molecular complexity index is 915. The number of methoxy groups -OCH3 is 2. The number of benzene rings is 1. The number of nitrogens with zero attached hydrogens (tertiary/aromatic N) is 1. The molecule has 3 rings (SSSR count). The average Bonchev–Trinajstić information content (AvgIpc) is 3.17. The predicted octanol–water partition coefficient (Wildman–Crippen LogP) is 11.3. The number of halogens is 2. The molecule has 19 heteroatoms. The Morgan fingerprint density at radius 1 is 1.03 bits per heavy atom. The van der Waals surface area contributed by atoms with Gasteiger partial charge in [0.2, 0.25) is 0 Å². The van der Waals surface area contributed by atoms with Crippen molar-refractivity contribution in [2.24, 2.45) is 5.92 Å². The Morgan fingerprint density at radius 2 is 1.64 bits per heavy atom. The van der Waals surface area contributed by atoms with Crippen LogP contribution < -0.4 is 4.90 Å². The van der Waals surface area contributed by atoms with Crippen molar-refractivity contribution in [1.29, 1.82) is 0 Å². The summed E-state index contributed by atoms with van der Waals surface area (Å²) < 4.78 is 11.8. The van der Waals surface area contributed by atoms with Gasteiger partial charge in [0.1, 0.15) is 0 Å². The highest BCUT2D eigenvalue weighted by Gasteiger charge is 2.33. The summed E-state index contributed by atoms with van der Waals surface area (Å²) in [6.45, 7) is 2.91. The third kappa shape index (κ3) is 14.2. The first-order valence-electron chi connectivity index (χ1n) is 9.95. The fourth-order valence-corrected chi connectivity index (χ4v) is 107. The highest BCUT2D eigenvalue weighted by atomic mass is 79.9. The summed E-state index contributed by atoms with van der Waals surface area (Å²) in [4.78, 5) is 14.6. The maximum absolute atomic E-state index is 11.2. The predicted molar refractivity (Wildman–Crippen MR) is 207 cm³/mol. The molecule has 0 amide bonds. The smallest absolute Gasteiger partial charge is 0.312 e. The van der Waals surface area contributed by atoms with E-state index in [2.05, 4.69) is 104 Å². The minimum Gasteiger partial charge on any atom is -0.469 e. The molecule has 2 heterocycles. The van der Waals surface area contributed by atoms with Crippen LogP contribution in [0.3, 0.4) is 0 Å². The zero-order valence-electron chi connectivity index (χ0n) is 19.8. The van der Waals surface area contributed by atoms with Gasteiger partial charge in [-0.1, -0.05) is 22.0 Å². The van der Waals surface area contributed by atoms with Gasteiger partial charge in [-0.15, -0.1) is 73.8 Å². The topological polar surface area (TPSA) is 38.8 Å². The van der Waals surface area contributed by atoms with E-state index in [0.717, 1.165) is 27.7 Å². The van der Waals surface area contributed by atoms with Crippen LogP contribution in [0, 0.1) is 5.92 Å². The SMILES string of the molecule is COC(=O)C1CN(c2cccc(Br)c2)C1.COCc1sccc1Br.PP(P)P(P)P(P(P)P)P(P)P. The molecule has 8 unspecified atom stereocenters. The fourth-order valence-electron chi connectivity index (χ4n) is 2.66. The van der Waals surface area contributed by atoms with Crippen LogP contribution in [0.5, 0.6) is 0 Å². The number of esters is 1. The summed E-state index contributed by atoms with van der Waals surface area (Å²) in [5, 5.41) is 2.04. The Hall–Kier alpha value is 4.27. The van der Waals surface area contributed by atoms with E-state index < -0.39 is 0 Å². The van der Waals surface area contributed by atoms with Gasteiger partial charge < -0.3 is 14.4 Å². The van der Waals surface area contributed by atoms with Crippen LogP contribution in [-0.4, -0.2) is 33.3 Å². The minimum absolute atomic E-state index is 0.0361. The minimum atomic E-state index is -0.110. The van der Waals surface area contributed by atoms with Gasteiger partial charge in [0.05, 0.1) is 19.6 Å². The van der Waals surface area contributed by atoms with Crippen molar-refractivity contribution in [3.8, 4) is 0 Å². The molecule has 1 aliphatic rings. The van der Waals surface area contributed by atoms with Crippen LogP contribution in [0.4, 0.5) is 5.69 Å². The van der Waals surface area contributed by atoms with Crippen LogP contribution in [0.2, 0.25) is 0 Å². The Labute approximate surface area is 258 Å². The molecule has 0 N–H and O–H groups in total. The third-order valence-corrected chi connectivity index (χ3v) is 73.4. The summed E-state index contributed by atoms with van der Waals surface area (Å²) in [5.74, 6) is -0.0739. The largest absolute Gasteiger partial charge is 0.469 e. The van der Waals surface area contributed by atoms with Gasteiger partial charge in [0.15, 0.2) is 0 Å². The highest BCUT2D eigenvalue weighted by molar-refractivity contribution is 9.21. The first-order valence-corrected chi connectivity index (χ1v) is 33.3. The number of rotatable bonds is 8. The van der Waals surface area contributed by atoms with Crippen LogP contribution >= 0.6 is 141 Å². The number of carbonyl (C=O) groups excluding carboxylic acids is 1. The van der Waals surface area contributed by atoms with Crippen LogP contribution in [0.15, 0.2) is 44.7 Å². The Balaban J connectivity index is 0.000000280. The zero-order chi connectivity index (χ0) is 27.4. The zero-order valence-corrected chi connectivity index (χ0v) is 36.3. The first-order chi connectivity index (χ1) is 16.9. The van der Waals surface area contributed by atoms with Gasteiger partial charge in [-0.05, 0) is 80.5 Å². The summed E-state index contributed by atoms with van der Waals surface area (Å²) in [7, 11) is 24.1. The molecule has 2 aromatic rings. The molecule has 0 bridgehead atoms. The number of ether oxygens (including phenoxy) is 2. The monoisotopic (exact) mass is 861 g/mol. The van der Waals surface area contributed by atoms with E-state index >= 15 is 0 Å². The lowest BCUT2D eigenvalue weighted by Gasteiger charge is -2.39. The molecule has 0 spiro atoms. The number of hydrogen-bond acceptors (Lipinski definition) is 5. The van der Waals surface area contributed by atoms with Crippen molar-refractivity contribution in [2.75, 3.05) is 32.2 Å². The summed E-state index contributed by atoms with van der Waals surface area (Å²) in [6, 6.07) is 10.1. The second-order valence-corrected chi connectivity index (χ2v) is 54.7. The molecule has 4 nitrogen and oxygen atoms in total. The molecule has 0 saturated carbocycles. The van der Waals surface area contributed by atoms with Gasteiger partial charge in [0, 0.05) is 39.7 Å². The molecule has 0 aliphatic carbocycles. The Morgan fingerprint density at radius 3 is 2.03 bits per heavy atom. The summed E-state index contributed by atoms with van der Waals surface area (Å²) >= 11 is 8.52. The maximum Gasteiger partial charge on any atom is 0.312 e. The van der Waals surface area contributed by atoms with E-state index in [1.807, 2.05) is 35.7 Å². The van der Waals surface area contributed by atoms with Crippen molar-refractivity contribution in [1.82, 2.24) is 0 Å². The second-order valence-electron chi connectivity index (χ2n) is 6.96. The normalized spacial score (nSPS) is 14.2. The standard InChI is InChI=1S/C11H12BrNO2.C6H7BrOS.H14P12/c1-15-11(14)8-6-13(7-8)10-4-2-3-9(12)5-10;1-8-4-6-5(7)2-3-9-6;1-8(2)11(7)12(9(3)4)10(5)6/h2-5,8H,6-7H2,1H3;2-3H,4H2,1H3;1-7H2. The van der Waals surface area contributed by atoms with E-state index in [-0.39, 0.29) is 46.8 Å². The molecule has 204 valence electrons. The number of thiophene rings is 1. The maximum atomic E-state index is 11.2.